The molecule has 0 aliphatic carbocycles. The largest absolute Gasteiger partial charge is 0.480 e. The summed E-state index contributed by atoms with van der Waals surface area (Å²) in [5, 5.41) is 14.7. The highest BCUT2D eigenvalue weighted by atomic mass is 32.2. The van der Waals surface area contributed by atoms with Crippen LogP contribution in [0.2, 0.25) is 6.55 Å². The molecule has 150 valence electrons. The Bertz CT molecular complexity index is 730. The van der Waals surface area contributed by atoms with Crippen molar-refractivity contribution in [2.45, 2.75) is 44.2 Å². The topological polar surface area (TPSA) is 66.4 Å². The Labute approximate surface area is 172 Å². The van der Waals surface area contributed by atoms with Gasteiger partial charge in [-0.2, -0.15) is 11.8 Å². The molecule has 0 spiro atoms. The number of hydrogen-bond acceptors (Lipinski definition) is 3. The van der Waals surface area contributed by atoms with E-state index in [-0.39, 0.29) is 5.91 Å². The fraction of sp³-hybridized carbons (Fsp3) is 0.364. The molecule has 0 saturated heterocycles. The summed E-state index contributed by atoms with van der Waals surface area (Å²) in [6, 6.07) is 20.3. The number of rotatable bonds is 10. The molecule has 0 fully saturated rings. The second kappa shape index (κ2) is 10.5. The number of carbonyl (C=O) groups is 2. The predicted octanol–water partition coefficient (Wildman–Crippen LogP) is 2.91. The van der Waals surface area contributed by atoms with E-state index in [1.54, 1.807) is 11.8 Å². The summed E-state index contributed by atoms with van der Waals surface area (Å²) in [7, 11) is -2.14. The van der Waals surface area contributed by atoms with Crippen molar-refractivity contribution < 1.29 is 14.7 Å². The lowest BCUT2D eigenvalue weighted by molar-refractivity contribution is -0.140. The maximum atomic E-state index is 11.6. The monoisotopic (exact) mass is 415 g/mol. The quantitative estimate of drug-likeness (QED) is 0.586. The van der Waals surface area contributed by atoms with Crippen molar-refractivity contribution in [3.8, 4) is 0 Å². The van der Waals surface area contributed by atoms with Crippen LogP contribution < -0.4 is 15.7 Å². The van der Waals surface area contributed by atoms with Crippen LogP contribution in [0.3, 0.4) is 0 Å². The van der Waals surface area contributed by atoms with Crippen LogP contribution in [0, 0.1) is 0 Å². The summed E-state index contributed by atoms with van der Waals surface area (Å²) in [6.07, 6.45) is 2.03. The van der Waals surface area contributed by atoms with Gasteiger partial charge in [-0.25, -0.2) is 4.79 Å². The lowest BCUT2D eigenvalue weighted by Crippen LogP contribution is -2.63. The summed E-state index contributed by atoms with van der Waals surface area (Å²) < 4.78 is 0. The van der Waals surface area contributed by atoms with Gasteiger partial charge in [0.1, 0.15) is 14.1 Å². The Morgan fingerprint density at radius 3 is 1.93 bits per heavy atom. The average Bonchev–Trinajstić information content (AvgIpc) is 2.70. The molecule has 0 heterocycles. The normalized spacial score (nSPS) is 13.5. The first-order chi connectivity index (χ1) is 13.4. The maximum Gasteiger partial charge on any atom is 0.327 e. The van der Waals surface area contributed by atoms with Crippen molar-refractivity contribution in [3.63, 3.8) is 0 Å². The van der Waals surface area contributed by atoms with Crippen molar-refractivity contribution in [1.82, 2.24) is 5.32 Å². The Balaban J connectivity index is 2.39. The van der Waals surface area contributed by atoms with Crippen molar-refractivity contribution in [1.29, 1.82) is 0 Å². The fourth-order valence-electron chi connectivity index (χ4n) is 3.54. The average molecular weight is 416 g/mol. The molecule has 28 heavy (non-hydrogen) atoms. The van der Waals surface area contributed by atoms with Crippen LogP contribution in [0.25, 0.3) is 0 Å². The minimum atomic E-state index is -2.14. The summed E-state index contributed by atoms with van der Waals surface area (Å²) >= 11 is 1.69. The highest BCUT2D eigenvalue weighted by Gasteiger charge is 2.40. The van der Waals surface area contributed by atoms with Crippen LogP contribution in [0.15, 0.2) is 60.7 Å². The van der Waals surface area contributed by atoms with Gasteiger partial charge in [-0.15, -0.1) is 0 Å². The maximum absolute atomic E-state index is 11.6. The Hall–Kier alpha value is -2.05. The van der Waals surface area contributed by atoms with Gasteiger partial charge in [0.2, 0.25) is 5.91 Å². The molecule has 0 aromatic heterocycles. The minimum Gasteiger partial charge on any atom is -0.480 e. The molecule has 1 amide bonds. The van der Waals surface area contributed by atoms with Crippen LogP contribution in [-0.2, 0) is 9.59 Å². The number of benzene rings is 2. The molecule has 2 aromatic rings. The number of thioether (sulfide) groups is 1. The number of nitrogens with one attached hydrogen (secondary N) is 1. The summed E-state index contributed by atoms with van der Waals surface area (Å²) in [5.74, 6) is -0.936. The molecule has 2 atom stereocenters. The van der Waals surface area contributed by atoms with Gasteiger partial charge >= 0.3 is 5.97 Å². The fourth-order valence-corrected chi connectivity index (χ4v) is 10.7. The zero-order valence-corrected chi connectivity index (χ0v) is 18.5. The predicted molar refractivity (Wildman–Crippen MR) is 120 cm³/mol. The molecule has 4 nitrogen and oxygen atoms in total. The molecular weight excluding hydrogens is 386 g/mol. The van der Waals surface area contributed by atoms with E-state index in [2.05, 4.69) is 67.3 Å². The zero-order chi connectivity index (χ0) is 20.6. The van der Waals surface area contributed by atoms with Gasteiger partial charge in [0.25, 0.3) is 0 Å². The molecule has 2 rings (SSSR count). The van der Waals surface area contributed by atoms with Crippen LogP contribution >= 0.6 is 11.8 Å². The van der Waals surface area contributed by atoms with Gasteiger partial charge in [-0.05, 0) is 6.42 Å². The highest BCUT2D eigenvalue weighted by Crippen LogP contribution is 2.27. The van der Waals surface area contributed by atoms with Crippen LogP contribution in [-0.4, -0.2) is 41.7 Å². The molecule has 2 N–H and O–H groups in total. The second-order valence-electron chi connectivity index (χ2n) is 7.14. The number of hydrogen-bond donors (Lipinski definition) is 2. The van der Waals surface area contributed by atoms with Crippen LogP contribution in [0.1, 0.15) is 26.7 Å². The third-order valence-electron chi connectivity index (χ3n) is 5.08. The van der Waals surface area contributed by atoms with Crippen molar-refractivity contribution in [2.24, 2.45) is 0 Å². The molecule has 0 aliphatic rings. The van der Waals surface area contributed by atoms with Crippen LogP contribution in [0.4, 0.5) is 0 Å². The molecule has 2 aromatic carbocycles. The third-order valence-corrected chi connectivity index (χ3v) is 12.8. The van der Waals surface area contributed by atoms with E-state index < -0.39 is 20.1 Å². The van der Waals surface area contributed by atoms with Crippen molar-refractivity contribution in [3.05, 3.63) is 60.7 Å². The molecule has 0 radical (unpaired) electrons. The lowest BCUT2D eigenvalue weighted by atomic mass is 10.3. The summed E-state index contributed by atoms with van der Waals surface area (Å²) in [5.41, 5.74) is 0. The number of carboxylic acid groups (broad SMARTS) is 1. The molecule has 0 aliphatic heterocycles. The van der Waals surface area contributed by atoms with Gasteiger partial charge in [-0.3, -0.25) is 4.79 Å². The smallest absolute Gasteiger partial charge is 0.327 e. The minimum absolute atomic E-state index is 0.304. The second-order valence-corrected chi connectivity index (χ2v) is 13.0. The first kappa shape index (κ1) is 22.2. The van der Waals surface area contributed by atoms with Gasteiger partial charge in [0.15, 0.2) is 0 Å². The van der Waals surface area contributed by atoms with E-state index in [9.17, 15) is 14.7 Å². The Morgan fingerprint density at radius 1 is 1.04 bits per heavy atom. The zero-order valence-electron chi connectivity index (χ0n) is 16.7. The number of aliphatic carboxylic acids is 1. The van der Waals surface area contributed by atoms with Crippen molar-refractivity contribution >= 4 is 42.1 Å². The molecule has 0 saturated carbocycles. The molecule has 6 heteroatoms. The van der Waals surface area contributed by atoms with Crippen molar-refractivity contribution in [2.75, 3.05) is 5.75 Å². The van der Waals surface area contributed by atoms with Crippen LogP contribution in [0.5, 0.6) is 0 Å². The molecule has 0 bridgehead atoms. The standard InChI is InChI=1S/C22H29NO3SSi/c1-4-11-21(27-16-20(22(25)26)23-17(2)24)28(3,18-12-7-5-8-13-18)19-14-9-6-10-15-19/h5-10,12-15,20-21H,4,11,16H2,1-3H3,(H,23,24)(H,25,26). The van der Waals surface area contributed by atoms with E-state index in [0.29, 0.717) is 10.6 Å². The van der Waals surface area contributed by atoms with E-state index in [0.717, 1.165) is 12.8 Å². The number of carboxylic acids is 1. The molecular formula is C22H29NO3SSi. The highest BCUT2D eigenvalue weighted by molar-refractivity contribution is 8.02. The summed E-state index contributed by atoms with van der Waals surface area (Å²) in [4.78, 5) is 23.3. The van der Waals surface area contributed by atoms with Gasteiger partial charge in [-0.1, -0.05) is 90.9 Å². The number of carbonyl (C=O) groups excluding carboxylic acids is 1. The lowest BCUT2D eigenvalue weighted by Gasteiger charge is -2.37. The third kappa shape index (κ3) is 5.48. The van der Waals surface area contributed by atoms with Gasteiger partial charge in [0.05, 0.1) is 0 Å². The van der Waals surface area contributed by atoms with Gasteiger partial charge < -0.3 is 10.4 Å². The SMILES string of the molecule is CCCC(SCC(NC(C)=O)C(=O)O)[Si](C)(c1ccccc1)c1ccccc1. The first-order valence-corrected chi connectivity index (χ1v) is 13.2. The summed E-state index contributed by atoms with van der Waals surface area (Å²) in [6.45, 7) is 5.90. The van der Waals surface area contributed by atoms with E-state index in [1.165, 1.54) is 17.3 Å². The van der Waals surface area contributed by atoms with Gasteiger partial charge in [0, 0.05) is 17.5 Å². The van der Waals surface area contributed by atoms with E-state index >= 15 is 0 Å². The first-order valence-electron chi connectivity index (χ1n) is 9.62. The Morgan fingerprint density at radius 2 is 1.54 bits per heavy atom. The number of amides is 1. The molecule has 2 unspecified atom stereocenters. The van der Waals surface area contributed by atoms with E-state index in [1.807, 2.05) is 12.1 Å². The Kier molecular flexibility index (Phi) is 8.32. The van der Waals surface area contributed by atoms with E-state index in [4.69, 9.17) is 0 Å².